The zero-order valence-electron chi connectivity index (χ0n) is 11.4. The number of carbonyl (C=O) groups is 1. The second-order valence-electron chi connectivity index (χ2n) is 5.20. The molecule has 0 aliphatic carbocycles. The monoisotopic (exact) mass is 254 g/mol. The number of amides is 1. The minimum atomic E-state index is -0.815. The summed E-state index contributed by atoms with van der Waals surface area (Å²) in [6, 6.07) is 3.29. The molecule has 1 atom stereocenters. The van der Waals surface area contributed by atoms with E-state index in [4.69, 9.17) is 4.42 Å². The Balaban J connectivity index is 2.41. The van der Waals surface area contributed by atoms with E-state index in [9.17, 15) is 9.90 Å². The van der Waals surface area contributed by atoms with Gasteiger partial charge in [0.2, 0.25) is 5.91 Å². The highest BCUT2D eigenvalue weighted by Gasteiger charge is 2.23. The Morgan fingerprint density at radius 1 is 1.61 bits per heavy atom. The molecule has 2 N–H and O–H groups in total. The smallest absolute Gasteiger partial charge is 0.237 e. The molecule has 0 aromatic carbocycles. The van der Waals surface area contributed by atoms with E-state index in [2.05, 4.69) is 5.32 Å². The highest BCUT2D eigenvalue weighted by molar-refractivity contribution is 5.81. The standard InChI is InChI=1S/C13H22N2O3/c1-10(15(4)9-13(2,3)17)12(16)14-8-11-6-5-7-18-11/h5-7,10,17H,8-9H2,1-4H3,(H,14,16). The van der Waals surface area contributed by atoms with E-state index in [1.54, 1.807) is 26.2 Å². The van der Waals surface area contributed by atoms with Gasteiger partial charge < -0.3 is 14.8 Å². The Kier molecular flexibility index (Phi) is 4.93. The number of rotatable bonds is 6. The number of nitrogens with one attached hydrogen (secondary N) is 1. The van der Waals surface area contributed by atoms with Crippen molar-refractivity contribution in [1.82, 2.24) is 10.2 Å². The molecule has 1 unspecified atom stereocenters. The number of likely N-dealkylation sites (N-methyl/N-ethyl adjacent to an activating group) is 1. The maximum atomic E-state index is 11.9. The lowest BCUT2D eigenvalue weighted by Crippen LogP contribution is -2.47. The maximum Gasteiger partial charge on any atom is 0.237 e. The number of hydrogen-bond donors (Lipinski definition) is 2. The van der Waals surface area contributed by atoms with Crippen molar-refractivity contribution >= 4 is 5.91 Å². The van der Waals surface area contributed by atoms with Crippen LogP contribution < -0.4 is 5.32 Å². The fourth-order valence-corrected chi connectivity index (χ4v) is 1.68. The van der Waals surface area contributed by atoms with Crippen molar-refractivity contribution in [3.63, 3.8) is 0 Å². The van der Waals surface area contributed by atoms with E-state index in [0.29, 0.717) is 13.1 Å². The lowest BCUT2D eigenvalue weighted by Gasteiger charge is -2.29. The van der Waals surface area contributed by atoms with Crippen LogP contribution in [0.5, 0.6) is 0 Å². The first-order valence-corrected chi connectivity index (χ1v) is 6.02. The summed E-state index contributed by atoms with van der Waals surface area (Å²) in [6.07, 6.45) is 1.57. The minimum absolute atomic E-state index is 0.0850. The second kappa shape index (κ2) is 6.02. The van der Waals surface area contributed by atoms with Crippen LogP contribution in [-0.2, 0) is 11.3 Å². The third-order valence-electron chi connectivity index (χ3n) is 2.69. The molecule has 102 valence electrons. The number of aliphatic hydroxyl groups is 1. The summed E-state index contributed by atoms with van der Waals surface area (Å²) in [5.74, 6) is 0.638. The van der Waals surface area contributed by atoms with Crippen molar-refractivity contribution in [2.45, 2.75) is 39.0 Å². The van der Waals surface area contributed by atoms with E-state index < -0.39 is 5.60 Å². The van der Waals surface area contributed by atoms with Crippen LogP contribution in [0, 0.1) is 0 Å². The summed E-state index contributed by atoms with van der Waals surface area (Å²) in [4.78, 5) is 13.7. The molecular formula is C13H22N2O3. The van der Waals surface area contributed by atoms with Gasteiger partial charge in [-0.15, -0.1) is 0 Å². The van der Waals surface area contributed by atoms with Gasteiger partial charge in [-0.05, 0) is 40.0 Å². The van der Waals surface area contributed by atoms with Crippen molar-refractivity contribution in [3.8, 4) is 0 Å². The molecule has 0 aliphatic rings. The zero-order valence-corrected chi connectivity index (χ0v) is 11.4. The Bertz CT molecular complexity index is 368. The molecular weight excluding hydrogens is 232 g/mol. The Hall–Kier alpha value is -1.33. The lowest BCUT2D eigenvalue weighted by molar-refractivity contribution is -0.126. The average Bonchev–Trinajstić information content (AvgIpc) is 2.75. The van der Waals surface area contributed by atoms with Gasteiger partial charge >= 0.3 is 0 Å². The molecule has 0 spiro atoms. The quantitative estimate of drug-likeness (QED) is 0.794. The van der Waals surface area contributed by atoms with E-state index in [0.717, 1.165) is 5.76 Å². The van der Waals surface area contributed by atoms with Gasteiger partial charge in [0, 0.05) is 6.54 Å². The van der Waals surface area contributed by atoms with Crippen molar-refractivity contribution in [1.29, 1.82) is 0 Å². The van der Waals surface area contributed by atoms with Gasteiger partial charge in [0.25, 0.3) is 0 Å². The normalized spacial score (nSPS) is 13.7. The van der Waals surface area contributed by atoms with Crippen LogP contribution in [0.25, 0.3) is 0 Å². The number of hydrogen-bond acceptors (Lipinski definition) is 4. The molecule has 1 aromatic rings. The maximum absolute atomic E-state index is 11.9. The third kappa shape index (κ3) is 4.89. The molecule has 1 amide bonds. The minimum Gasteiger partial charge on any atom is -0.467 e. The van der Waals surface area contributed by atoms with Gasteiger partial charge in [0.15, 0.2) is 0 Å². The van der Waals surface area contributed by atoms with E-state index >= 15 is 0 Å². The number of nitrogens with zero attached hydrogens (tertiary/aromatic N) is 1. The predicted octanol–water partition coefficient (Wildman–Crippen LogP) is 0.987. The SMILES string of the molecule is CC(C(=O)NCc1ccco1)N(C)CC(C)(C)O. The van der Waals surface area contributed by atoms with Gasteiger partial charge in [-0.1, -0.05) is 0 Å². The van der Waals surface area contributed by atoms with Crippen molar-refractivity contribution in [2.24, 2.45) is 0 Å². The molecule has 0 fully saturated rings. The molecule has 0 saturated carbocycles. The van der Waals surface area contributed by atoms with Crippen LogP contribution >= 0.6 is 0 Å². The van der Waals surface area contributed by atoms with E-state index in [1.165, 1.54) is 0 Å². The number of carbonyl (C=O) groups excluding carboxylic acids is 1. The highest BCUT2D eigenvalue weighted by Crippen LogP contribution is 2.07. The van der Waals surface area contributed by atoms with E-state index in [1.807, 2.05) is 24.9 Å². The lowest BCUT2D eigenvalue weighted by atomic mass is 10.1. The molecule has 0 aliphatic heterocycles. The van der Waals surface area contributed by atoms with Crippen molar-refractivity contribution in [2.75, 3.05) is 13.6 Å². The van der Waals surface area contributed by atoms with Gasteiger partial charge in [0.05, 0.1) is 24.5 Å². The van der Waals surface area contributed by atoms with Crippen LogP contribution in [-0.4, -0.2) is 41.1 Å². The topological polar surface area (TPSA) is 65.7 Å². The Morgan fingerprint density at radius 2 is 2.28 bits per heavy atom. The van der Waals surface area contributed by atoms with Crippen LogP contribution in [0.1, 0.15) is 26.5 Å². The molecule has 1 rings (SSSR count). The van der Waals surface area contributed by atoms with Crippen LogP contribution in [0.3, 0.4) is 0 Å². The number of furan rings is 1. The predicted molar refractivity (Wildman–Crippen MR) is 68.9 cm³/mol. The largest absolute Gasteiger partial charge is 0.467 e. The van der Waals surface area contributed by atoms with Crippen molar-refractivity contribution in [3.05, 3.63) is 24.2 Å². The fraction of sp³-hybridized carbons (Fsp3) is 0.615. The van der Waals surface area contributed by atoms with Crippen LogP contribution in [0.4, 0.5) is 0 Å². The molecule has 1 aromatic heterocycles. The summed E-state index contributed by atoms with van der Waals surface area (Å²) >= 11 is 0. The first kappa shape index (κ1) is 14.7. The van der Waals surface area contributed by atoms with Crippen LogP contribution in [0.2, 0.25) is 0 Å². The molecule has 5 heteroatoms. The second-order valence-corrected chi connectivity index (χ2v) is 5.20. The van der Waals surface area contributed by atoms with Gasteiger partial charge in [-0.25, -0.2) is 0 Å². The summed E-state index contributed by atoms with van der Waals surface area (Å²) in [5, 5.41) is 12.5. The molecule has 18 heavy (non-hydrogen) atoms. The molecule has 0 bridgehead atoms. The summed E-state index contributed by atoms with van der Waals surface area (Å²) < 4.78 is 5.14. The fourth-order valence-electron chi connectivity index (χ4n) is 1.68. The summed E-state index contributed by atoms with van der Waals surface area (Å²) in [5.41, 5.74) is -0.815. The Labute approximate surface area is 108 Å². The first-order chi connectivity index (χ1) is 8.29. The van der Waals surface area contributed by atoms with Crippen molar-refractivity contribution < 1.29 is 14.3 Å². The molecule has 1 heterocycles. The van der Waals surface area contributed by atoms with Gasteiger partial charge in [-0.2, -0.15) is 0 Å². The molecule has 0 saturated heterocycles. The average molecular weight is 254 g/mol. The Morgan fingerprint density at radius 3 is 2.78 bits per heavy atom. The molecule has 5 nitrogen and oxygen atoms in total. The van der Waals surface area contributed by atoms with Crippen LogP contribution in [0.15, 0.2) is 22.8 Å². The highest BCUT2D eigenvalue weighted by atomic mass is 16.3. The van der Waals surface area contributed by atoms with Gasteiger partial charge in [0.1, 0.15) is 5.76 Å². The zero-order chi connectivity index (χ0) is 13.8. The first-order valence-electron chi connectivity index (χ1n) is 6.02. The third-order valence-corrected chi connectivity index (χ3v) is 2.69. The molecule has 0 radical (unpaired) electrons. The summed E-state index contributed by atoms with van der Waals surface area (Å²) in [6.45, 7) is 6.06. The summed E-state index contributed by atoms with van der Waals surface area (Å²) in [7, 11) is 1.81. The van der Waals surface area contributed by atoms with E-state index in [-0.39, 0.29) is 11.9 Å². The van der Waals surface area contributed by atoms with Gasteiger partial charge in [-0.3, -0.25) is 9.69 Å².